The van der Waals surface area contributed by atoms with Crippen LogP contribution >= 0.6 is 0 Å². The van der Waals surface area contributed by atoms with Crippen LogP contribution in [0.15, 0.2) is 61.1 Å². The minimum atomic E-state index is 0.0816. The van der Waals surface area contributed by atoms with Crippen LogP contribution in [0.1, 0.15) is 25.8 Å². The topological polar surface area (TPSA) is 65.2 Å². The summed E-state index contributed by atoms with van der Waals surface area (Å²) < 4.78 is 9.44. The van der Waals surface area contributed by atoms with E-state index >= 15 is 0 Å². The first-order chi connectivity index (χ1) is 16.1. The lowest BCUT2D eigenvalue weighted by atomic mass is 10.0. The predicted octanol–water partition coefficient (Wildman–Crippen LogP) is 4.30. The second-order valence-corrected chi connectivity index (χ2v) is 8.54. The summed E-state index contributed by atoms with van der Waals surface area (Å²) in [6, 6.07) is 17.0. The number of hydrogen-bond acceptors (Lipinski definition) is 4. The first-order valence-corrected chi connectivity index (χ1v) is 11.6. The highest BCUT2D eigenvalue weighted by molar-refractivity contribution is 5.87. The van der Waals surface area contributed by atoms with Crippen molar-refractivity contribution in [3.8, 4) is 22.4 Å². The standard InChI is InChI=1S/C26H29N5O2/c1-3-33-17-25(32)30-13-11-21(12-14-30)31-18-27-23-10-9-20(15-24(23)31)22-16-29(2)28-26(22)19-7-5-4-6-8-19/h4-10,15-16,18,21H,3,11-14,17H2,1-2H3. The van der Waals surface area contributed by atoms with Crippen molar-refractivity contribution < 1.29 is 9.53 Å². The highest BCUT2D eigenvalue weighted by Crippen LogP contribution is 2.34. The highest BCUT2D eigenvalue weighted by atomic mass is 16.5. The molecule has 1 fully saturated rings. The summed E-state index contributed by atoms with van der Waals surface area (Å²) in [5.74, 6) is 0.0816. The summed E-state index contributed by atoms with van der Waals surface area (Å²) in [6.07, 6.45) is 5.84. The molecule has 33 heavy (non-hydrogen) atoms. The second kappa shape index (κ2) is 9.19. The van der Waals surface area contributed by atoms with E-state index in [4.69, 9.17) is 9.84 Å². The summed E-state index contributed by atoms with van der Waals surface area (Å²) in [5, 5.41) is 4.73. The van der Waals surface area contributed by atoms with Crippen LogP contribution in [0.2, 0.25) is 0 Å². The van der Waals surface area contributed by atoms with E-state index in [1.807, 2.05) is 48.1 Å². The van der Waals surface area contributed by atoms with Crippen LogP contribution in [0.5, 0.6) is 0 Å². The van der Waals surface area contributed by atoms with Crippen molar-refractivity contribution in [2.45, 2.75) is 25.8 Å². The minimum absolute atomic E-state index is 0.0816. The van der Waals surface area contributed by atoms with E-state index in [0.717, 1.165) is 59.3 Å². The molecule has 1 amide bonds. The SMILES string of the molecule is CCOCC(=O)N1CCC(n2cnc3ccc(-c4cn(C)nc4-c4ccccc4)cc32)CC1. The van der Waals surface area contributed by atoms with Crippen LogP contribution < -0.4 is 0 Å². The normalized spacial score (nSPS) is 14.8. The fourth-order valence-electron chi connectivity index (χ4n) is 4.67. The van der Waals surface area contributed by atoms with Gasteiger partial charge in [0.2, 0.25) is 5.91 Å². The molecule has 7 nitrogen and oxygen atoms in total. The molecule has 5 rings (SSSR count). The van der Waals surface area contributed by atoms with Gasteiger partial charge in [0.05, 0.1) is 17.4 Å². The van der Waals surface area contributed by atoms with Gasteiger partial charge in [-0.2, -0.15) is 5.10 Å². The zero-order valence-electron chi connectivity index (χ0n) is 19.1. The minimum Gasteiger partial charge on any atom is -0.372 e. The van der Waals surface area contributed by atoms with E-state index in [2.05, 4.69) is 46.1 Å². The van der Waals surface area contributed by atoms with Crippen LogP contribution in [0, 0.1) is 0 Å². The van der Waals surface area contributed by atoms with Gasteiger partial charge in [-0.05, 0) is 37.5 Å². The van der Waals surface area contributed by atoms with Crippen molar-refractivity contribution in [2.24, 2.45) is 7.05 Å². The first kappa shape index (κ1) is 21.4. The number of aryl methyl sites for hydroxylation is 1. The lowest BCUT2D eigenvalue weighted by Gasteiger charge is -2.32. The third-order valence-corrected chi connectivity index (χ3v) is 6.40. The maximum Gasteiger partial charge on any atom is 0.248 e. The monoisotopic (exact) mass is 443 g/mol. The Kier molecular flexibility index (Phi) is 5.96. The van der Waals surface area contributed by atoms with Crippen LogP contribution in [0.25, 0.3) is 33.4 Å². The average Bonchev–Trinajstić information content (AvgIpc) is 3.46. The van der Waals surface area contributed by atoms with Crippen LogP contribution in [-0.2, 0) is 16.6 Å². The largest absolute Gasteiger partial charge is 0.372 e. The van der Waals surface area contributed by atoms with Crippen LogP contribution in [0.4, 0.5) is 0 Å². The smallest absolute Gasteiger partial charge is 0.248 e. The third kappa shape index (κ3) is 4.28. The molecule has 0 radical (unpaired) electrons. The van der Waals surface area contributed by atoms with Gasteiger partial charge in [-0.1, -0.05) is 36.4 Å². The number of piperidine rings is 1. The molecule has 0 bridgehead atoms. The molecule has 0 aliphatic carbocycles. The molecule has 1 saturated heterocycles. The third-order valence-electron chi connectivity index (χ3n) is 6.40. The molecular weight excluding hydrogens is 414 g/mol. The average molecular weight is 444 g/mol. The lowest BCUT2D eigenvalue weighted by molar-refractivity contribution is -0.137. The molecule has 170 valence electrons. The lowest BCUT2D eigenvalue weighted by Crippen LogP contribution is -2.40. The van der Waals surface area contributed by atoms with Gasteiger partial charge in [-0.25, -0.2) is 4.98 Å². The Balaban J connectivity index is 1.42. The molecule has 1 aliphatic heterocycles. The molecule has 2 aromatic heterocycles. The Morgan fingerprint density at radius 2 is 1.88 bits per heavy atom. The molecule has 1 aliphatic rings. The summed E-state index contributed by atoms with van der Waals surface area (Å²) in [7, 11) is 1.96. The van der Waals surface area contributed by atoms with Crippen molar-refractivity contribution in [1.82, 2.24) is 24.2 Å². The molecule has 3 heterocycles. The predicted molar refractivity (Wildman–Crippen MR) is 129 cm³/mol. The Morgan fingerprint density at radius 1 is 1.09 bits per heavy atom. The molecule has 0 unspecified atom stereocenters. The number of carbonyl (C=O) groups is 1. The number of amides is 1. The summed E-state index contributed by atoms with van der Waals surface area (Å²) in [4.78, 5) is 18.9. The van der Waals surface area contributed by atoms with Crippen molar-refractivity contribution in [3.63, 3.8) is 0 Å². The molecule has 2 aromatic carbocycles. The number of hydrogen-bond donors (Lipinski definition) is 0. The van der Waals surface area contributed by atoms with Crippen molar-refractivity contribution in [2.75, 3.05) is 26.3 Å². The summed E-state index contributed by atoms with van der Waals surface area (Å²) >= 11 is 0. The van der Waals surface area contributed by atoms with Gasteiger partial charge in [-0.3, -0.25) is 9.48 Å². The Bertz CT molecular complexity index is 1250. The van der Waals surface area contributed by atoms with Crippen molar-refractivity contribution in [3.05, 3.63) is 61.1 Å². The number of nitrogens with zero attached hydrogens (tertiary/aromatic N) is 5. The van der Waals surface area contributed by atoms with Crippen LogP contribution in [0.3, 0.4) is 0 Å². The number of fused-ring (bicyclic) bond motifs is 1. The van der Waals surface area contributed by atoms with E-state index in [1.54, 1.807) is 0 Å². The number of ether oxygens (including phenoxy) is 1. The summed E-state index contributed by atoms with van der Waals surface area (Å²) in [6.45, 7) is 4.14. The number of likely N-dealkylation sites (tertiary alicyclic amines) is 1. The zero-order valence-corrected chi connectivity index (χ0v) is 19.1. The molecule has 0 saturated carbocycles. The zero-order chi connectivity index (χ0) is 22.8. The Morgan fingerprint density at radius 3 is 2.64 bits per heavy atom. The van der Waals surface area contributed by atoms with Gasteiger partial charge < -0.3 is 14.2 Å². The molecule has 0 atom stereocenters. The highest BCUT2D eigenvalue weighted by Gasteiger charge is 2.25. The van der Waals surface area contributed by atoms with E-state index in [0.29, 0.717) is 12.6 Å². The van der Waals surface area contributed by atoms with E-state index in [9.17, 15) is 4.79 Å². The molecular formula is C26H29N5O2. The number of aromatic nitrogens is 4. The van der Waals surface area contributed by atoms with Gasteiger partial charge in [0.25, 0.3) is 0 Å². The Labute approximate surface area is 193 Å². The number of carbonyl (C=O) groups excluding carboxylic acids is 1. The van der Waals surface area contributed by atoms with E-state index < -0.39 is 0 Å². The number of rotatable bonds is 6. The van der Waals surface area contributed by atoms with Crippen molar-refractivity contribution >= 4 is 16.9 Å². The van der Waals surface area contributed by atoms with Gasteiger partial charge in [0.15, 0.2) is 0 Å². The second-order valence-electron chi connectivity index (χ2n) is 8.54. The molecule has 0 N–H and O–H groups in total. The maximum atomic E-state index is 12.3. The van der Waals surface area contributed by atoms with Gasteiger partial charge in [0.1, 0.15) is 12.3 Å². The fraction of sp³-hybridized carbons (Fsp3) is 0.346. The summed E-state index contributed by atoms with van der Waals surface area (Å²) in [5.41, 5.74) is 6.42. The Hall–Kier alpha value is -3.45. The van der Waals surface area contributed by atoms with Gasteiger partial charge in [-0.15, -0.1) is 0 Å². The number of benzene rings is 2. The van der Waals surface area contributed by atoms with Gasteiger partial charge in [0, 0.05) is 50.1 Å². The first-order valence-electron chi connectivity index (χ1n) is 11.6. The molecule has 4 aromatic rings. The quantitative estimate of drug-likeness (QED) is 0.446. The van der Waals surface area contributed by atoms with Crippen LogP contribution in [-0.4, -0.2) is 56.4 Å². The van der Waals surface area contributed by atoms with Crippen molar-refractivity contribution in [1.29, 1.82) is 0 Å². The maximum absolute atomic E-state index is 12.3. The van der Waals surface area contributed by atoms with E-state index in [1.165, 1.54) is 0 Å². The number of imidazole rings is 1. The molecule has 0 spiro atoms. The fourth-order valence-corrected chi connectivity index (χ4v) is 4.67. The van der Waals surface area contributed by atoms with Gasteiger partial charge >= 0.3 is 0 Å². The molecule has 7 heteroatoms. The van der Waals surface area contributed by atoms with E-state index in [-0.39, 0.29) is 12.5 Å².